The number of aromatic nitrogens is 6. The fourth-order valence-corrected chi connectivity index (χ4v) is 5.56. The standard InChI is InChI=1S/2C10H7N5OS5.Mo.2O/c2*16-7(6-5-11-1-2-12-6)14(9(17)18)15(10(19)20)8-13-3-4-21-8;;;/h2*1-5H,(H,17,18)(H,19,20);;;/q;;+2;;/p-2. The third-order valence-corrected chi connectivity index (χ3v) is 7.17. The molecule has 4 aromatic rings. The normalized spacial score (nSPS) is 9.47. The summed E-state index contributed by atoms with van der Waals surface area (Å²) < 4.78 is 16.9. The third kappa shape index (κ3) is 11.5. The van der Waals surface area contributed by atoms with Gasteiger partial charge in [0.1, 0.15) is 11.4 Å². The maximum absolute atomic E-state index is 12.5. The van der Waals surface area contributed by atoms with Gasteiger partial charge in [-0.05, 0) is 8.64 Å². The van der Waals surface area contributed by atoms with Crippen molar-refractivity contribution in [2.75, 3.05) is 10.0 Å². The van der Waals surface area contributed by atoms with Gasteiger partial charge in [0, 0.05) is 47.9 Å². The van der Waals surface area contributed by atoms with Crippen LogP contribution in [0.3, 0.4) is 0 Å². The molecule has 0 radical (unpaired) electrons. The molecule has 0 aliphatic carbocycles. The number of hydrogen-bond acceptors (Lipinski definition) is 18. The van der Waals surface area contributed by atoms with Crippen molar-refractivity contribution in [1.82, 2.24) is 39.9 Å². The summed E-state index contributed by atoms with van der Waals surface area (Å²) in [7, 11) is 0. The minimum absolute atomic E-state index is 0.0152. The monoisotopic (exact) mass is 874 g/mol. The van der Waals surface area contributed by atoms with Crippen molar-refractivity contribution in [3.8, 4) is 0 Å². The number of carbonyl (C=O) groups excluding carboxylic acids is 2. The molecule has 14 nitrogen and oxygen atoms in total. The summed E-state index contributed by atoms with van der Waals surface area (Å²) in [6, 6.07) is 0. The van der Waals surface area contributed by atoms with Crippen molar-refractivity contribution in [3.63, 3.8) is 0 Å². The molecular formula is C20H12MoN10O4S10. The first kappa shape index (κ1) is 38.9. The molecule has 0 N–H and O–H groups in total. The second-order valence-electron chi connectivity index (χ2n) is 6.83. The van der Waals surface area contributed by atoms with E-state index in [9.17, 15) is 9.59 Å². The molecule has 45 heavy (non-hydrogen) atoms. The number of nitrogens with zero attached hydrogens (tertiary/aromatic N) is 10. The van der Waals surface area contributed by atoms with Gasteiger partial charge in [0.25, 0.3) is 11.8 Å². The number of hydrogen-bond donors (Lipinski definition) is 2. The topological polar surface area (TPSA) is 159 Å². The van der Waals surface area contributed by atoms with Crippen LogP contribution in [0.4, 0.5) is 10.3 Å². The molecule has 0 aliphatic heterocycles. The maximum atomic E-state index is 12.5. The van der Waals surface area contributed by atoms with E-state index in [1.807, 2.05) is 0 Å². The third-order valence-electron chi connectivity index (χ3n) is 4.26. The Labute approximate surface area is 314 Å². The molecule has 4 aromatic heterocycles. The van der Waals surface area contributed by atoms with E-state index in [1.165, 1.54) is 69.9 Å². The van der Waals surface area contributed by atoms with Crippen LogP contribution in [0.2, 0.25) is 0 Å². The number of rotatable bonds is 4. The molecule has 0 spiro atoms. The van der Waals surface area contributed by atoms with E-state index < -0.39 is 30.3 Å². The molecular weight excluding hydrogens is 861 g/mol. The summed E-state index contributed by atoms with van der Waals surface area (Å²) >= 11 is 38.7. The van der Waals surface area contributed by atoms with Crippen LogP contribution < -0.4 is 10.0 Å². The number of thiol groups is 2. The molecule has 232 valence electrons. The molecule has 0 saturated carbocycles. The van der Waals surface area contributed by atoms with Crippen molar-refractivity contribution in [1.29, 1.82) is 0 Å². The zero-order valence-electron chi connectivity index (χ0n) is 21.4. The first-order valence-electron chi connectivity index (χ1n) is 10.9. The second kappa shape index (κ2) is 20.1. The Bertz CT molecular complexity index is 1550. The molecule has 0 fully saturated rings. The van der Waals surface area contributed by atoms with Crippen molar-refractivity contribution in [2.45, 2.75) is 0 Å². The van der Waals surface area contributed by atoms with Crippen LogP contribution in [0.25, 0.3) is 0 Å². The van der Waals surface area contributed by atoms with Crippen LogP contribution in [0.1, 0.15) is 21.0 Å². The Morgan fingerprint density at radius 1 is 0.667 bits per heavy atom. The minimum atomic E-state index is -2.03. The molecule has 25 heteroatoms. The molecule has 0 unspecified atom stereocenters. The number of thiazole rings is 2. The average Bonchev–Trinajstić information content (AvgIpc) is 3.74. The SMILES string of the molecule is O=C(c1cnccn1)N(C(=S)S)N(C(=S)[S-])c1nccs1.O=C(c1cnccn1)N(C(=S)S)N(C(=S)[S-])c1nccs1.[O]=[Mo+2]=[O]. The van der Waals surface area contributed by atoms with Gasteiger partial charge in [-0.2, -0.15) is 10.0 Å². The van der Waals surface area contributed by atoms with E-state index in [4.69, 9.17) is 80.9 Å². The van der Waals surface area contributed by atoms with E-state index in [0.29, 0.717) is 10.3 Å². The fourth-order valence-electron chi connectivity index (χ4n) is 2.69. The van der Waals surface area contributed by atoms with Crippen LogP contribution in [0.5, 0.6) is 0 Å². The van der Waals surface area contributed by atoms with Gasteiger partial charge >= 0.3 is 25.3 Å². The van der Waals surface area contributed by atoms with E-state index in [-0.39, 0.29) is 28.7 Å². The Morgan fingerprint density at radius 3 is 1.24 bits per heavy atom. The van der Waals surface area contributed by atoms with Crippen LogP contribution >= 0.6 is 96.8 Å². The van der Waals surface area contributed by atoms with Crippen molar-refractivity contribution < 1.29 is 34.9 Å². The zero-order valence-corrected chi connectivity index (χ0v) is 31.8. The summed E-state index contributed by atoms with van der Waals surface area (Å²) in [6.45, 7) is 0. The number of hydrazine groups is 2. The Hall–Kier alpha value is -2.25. The molecule has 0 saturated heterocycles. The molecule has 0 atom stereocenters. The van der Waals surface area contributed by atoms with Crippen LogP contribution in [-0.4, -0.2) is 69.0 Å². The van der Waals surface area contributed by atoms with Crippen molar-refractivity contribution in [3.05, 3.63) is 71.7 Å². The van der Waals surface area contributed by atoms with E-state index in [1.54, 1.807) is 23.2 Å². The van der Waals surface area contributed by atoms with Gasteiger partial charge < -0.3 is 49.7 Å². The average molecular weight is 873 g/mol. The number of amides is 2. The van der Waals surface area contributed by atoms with Crippen LogP contribution in [-0.2, 0) is 50.5 Å². The molecule has 0 aromatic carbocycles. The first-order chi connectivity index (χ1) is 21.5. The van der Waals surface area contributed by atoms with E-state index >= 15 is 0 Å². The number of carbonyl (C=O) groups is 2. The predicted octanol–water partition coefficient (Wildman–Crippen LogP) is 3.45. The van der Waals surface area contributed by atoms with E-state index in [0.717, 1.165) is 10.0 Å². The number of anilines is 2. The number of thiocarbonyl (C=S) groups is 4. The summed E-state index contributed by atoms with van der Waals surface area (Å²) in [5.74, 6) is -1.10. The quantitative estimate of drug-likeness (QED) is 0.101. The predicted molar refractivity (Wildman–Crippen MR) is 190 cm³/mol. The van der Waals surface area contributed by atoms with Crippen LogP contribution in [0, 0.1) is 0 Å². The van der Waals surface area contributed by atoms with Gasteiger partial charge in [0.05, 0.1) is 12.4 Å². The summed E-state index contributed by atoms with van der Waals surface area (Å²) in [5, 5.41) is 8.81. The van der Waals surface area contributed by atoms with Gasteiger partial charge in [-0.15, -0.1) is 47.9 Å². The Morgan fingerprint density at radius 2 is 1.02 bits per heavy atom. The molecule has 4 rings (SSSR count). The fraction of sp³-hybridized carbons (Fsp3) is 0. The van der Waals surface area contributed by atoms with Gasteiger partial charge in [-0.1, -0.05) is 24.4 Å². The van der Waals surface area contributed by atoms with Crippen molar-refractivity contribution in [2.24, 2.45) is 0 Å². The van der Waals surface area contributed by atoms with E-state index in [2.05, 4.69) is 55.2 Å². The van der Waals surface area contributed by atoms with Gasteiger partial charge in [0.15, 0.2) is 8.64 Å². The zero-order chi connectivity index (χ0) is 33.5. The van der Waals surface area contributed by atoms with Crippen LogP contribution in [0.15, 0.2) is 60.3 Å². The Kier molecular flexibility index (Phi) is 17.4. The molecule has 2 amide bonds. The molecule has 0 bridgehead atoms. The summed E-state index contributed by atoms with van der Waals surface area (Å²) in [6.07, 6.45) is 11.5. The molecule has 0 aliphatic rings. The van der Waals surface area contributed by atoms with Crippen molar-refractivity contribution >= 4 is 161 Å². The first-order valence-corrected chi connectivity index (χ1v) is 17.6. The van der Waals surface area contributed by atoms with Gasteiger partial charge in [0.2, 0.25) is 10.3 Å². The Balaban J connectivity index is 0.000000288. The summed E-state index contributed by atoms with van der Waals surface area (Å²) in [4.78, 5) is 48.8. The van der Waals surface area contributed by atoms with Gasteiger partial charge in [-0.3, -0.25) is 19.6 Å². The second-order valence-corrected chi connectivity index (χ2v) is 13.2. The van der Waals surface area contributed by atoms with Gasteiger partial charge in [-0.25, -0.2) is 30.0 Å². The molecule has 4 heterocycles. The summed E-state index contributed by atoms with van der Waals surface area (Å²) in [5.41, 5.74) is 0.170.